The van der Waals surface area contributed by atoms with Crippen molar-refractivity contribution in [3.8, 4) is 6.07 Å². The Morgan fingerprint density at radius 1 is 1.15 bits per heavy atom. The number of hydrogen-bond acceptors (Lipinski definition) is 2. The van der Waals surface area contributed by atoms with E-state index in [4.69, 9.17) is 5.26 Å². The summed E-state index contributed by atoms with van der Waals surface area (Å²) >= 11 is 0. The van der Waals surface area contributed by atoms with Crippen LogP contribution in [-0.4, -0.2) is 4.21 Å². The Bertz CT molecular complexity index is 691. The fourth-order valence-electron chi connectivity index (χ4n) is 1.92. The summed E-state index contributed by atoms with van der Waals surface area (Å²) < 4.78 is 25.8. The Morgan fingerprint density at radius 3 is 2.55 bits per heavy atom. The van der Waals surface area contributed by atoms with Crippen LogP contribution in [0.2, 0.25) is 0 Å². The lowest BCUT2D eigenvalue weighted by Gasteiger charge is -2.07. The molecule has 0 saturated heterocycles. The molecule has 0 aromatic heterocycles. The standard InChI is InChI=1S/C16H14FNOS/c1-12-4-2-3-5-14(12)10-20(19)11-15-8-13(9-18)6-7-16(15)17/h2-8H,10-11H2,1H3. The summed E-state index contributed by atoms with van der Waals surface area (Å²) in [6.45, 7) is 1.96. The van der Waals surface area contributed by atoms with Gasteiger partial charge in [-0.25, -0.2) is 4.39 Å². The van der Waals surface area contributed by atoms with Gasteiger partial charge in [-0.3, -0.25) is 4.21 Å². The number of hydrogen-bond donors (Lipinski definition) is 0. The number of nitrogens with zero attached hydrogens (tertiary/aromatic N) is 1. The van der Waals surface area contributed by atoms with Gasteiger partial charge in [0.15, 0.2) is 0 Å². The lowest BCUT2D eigenvalue weighted by molar-refractivity contribution is 0.615. The van der Waals surface area contributed by atoms with Crippen LogP contribution in [0.5, 0.6) is 0 Å². The molecule has 0 N–H and O–H groups in total. The van der Waals surface area contributed by atoms with Crippen LogP contribution in [0.25, 0.3) is 0 Å². The van der Waals surface area contributed by atoms with Crippen molar-refractivity contribution in [2.75, 3.05) is 0 Å². The van der Waals surface area contributed by atoms with Gasteiger partial charge in [0, 0.05) is 22.1 Å². The first-order valence-electron chi connectivity index (χ1n) is 6.18. The smallest absolute Gasteiger partial charge is 0.127 e. The highest BCUT2D eigenvalue weighted by molar-refractivity contribution is 7.83. The molecule has 2 nitrogen and oxygen atoms in total. The predicted octanol–water partition coefficient (Wildman–Crippen LogP) is 3.45. The van der Waals surface area contributed by atoms with Crippen LogP contribution in [0.3, 0.4) is 0 Å². The lowest BCUT2D eigenvalue weighted by atomic mass is 10.1. The molecular weight excluding hydrogens is 273 g/mol. The predicted molar refractivity (Wildman–Crippen MR) is 77.8 cm³/mol. The number of aryl methyl sites for hydroxylation is 1. The average molecular weight is 287 g/mol. The quantitative estimate of drug-likeness (QED) is 0.864. The summed E-state index contributed by atoms with van der Waals surface area (Å²) in [4.78, 5) is 0. The monoisotopic (exact) mass is 287 g/mol. The first kappa shape index (κ1) is 14.4. The lowest BCUT2D eigenvalue weighted by Crippen LogP contribution is -2.03. The molecule has 2 aromatic rings. The molecule has 20 heavy (non-hydrogen) atoms. The van der Waals surface area contributed by atoms with Crippen LogP contribution in [0.1, 0.15) is 22.3 Å². The molecule has 0 aliphatic carbocycles. The number of benzene rings is 2. The maximum atomic E-state index is 13.6. The molecule has 2 aromatic carbocycles. The molecule has 2 rings (SSSR count). The van der Waals surface area contributed by atoms with E-state index in [-0.39, 0.29) is 5.75 Å². The van der Waals surface area contributed by atoms with Crippen molar-refractivity contribution in [3.05, 3.63) is 70.5 Å². The van der Waals surface area contributed by atoms with Gasteiger partial charge >= 0.3 is 0 Å². The van der Waals surface area contributed by atoms with Crippen molar-refractivity contribution in [2.24, 2.45) is 0 Å². The second-order valence-electron chi connectivity index (χ2n) is 4.57. The maximum Gasteiger partial charge on any atom is 0.127 e. The fourth-order valence-corrected chi connectivity index (χ4v) is 3.27. The molecular formula is C16H14FNOS. The van der Waals surface area contributed by atoms with Crippen LogP contribution < -0.4 is 0 Å². The van der Waals surface area contributed by atoms with Gasteiger partial charge in [-0.05, 0) is 36.2 Å². The molecule has 0 aliphatic heterocycles. The van der Waals surface area contributed by atoms with E-state index in [1.165, 1.54) is 18.2 Å². The maximum absolute atomic E-state index is 13.6. The van der Waals surface area contributed by atoms with E-state index in [0.29, 0.717) is 16.9 Å². The number of halogens is 1. The molecule has 0 heterocycles. The SMILES string of the molecule is Cc1ccccc1CS(=O)Cc1cc(C#N)ccc1F. The number of rotatable bonds is 4. The van der Waals surface area contributed by atoms with Gasteiger partial charge in [0.1, 0.15) is 5.82 Å². The Kier molecular flexibility index (Phi) is 4.65. The highest BCUT2D eigenvalue weighted by Crippen LogP contribution is 2.16. The first-order chi connectivity index (χ1) is 9.60. The second-order valence-corrected chi connectivity index (χ2v) is 6.03. The Balaban J connectivity index is 2.13. The Labute approximate surface area is 120 Å². The Hall–Kier alpha value is -1.99. The summed E-state index contributed by atoms with van der Waals surface area (Å²) in [6, 6.07) is 13.8. The molecule has 4 heteroatoms. The minimum absolute atomic E-state index is 0.121. The van der Waals surface area contributed by atoms with Crippen molar-refractivity contribution in [3.63, 3.8) is 0 Å². The molecule has 0 spiro atoms. The summed E-state index contributed by atoms with van der Waals surface area (Å²) in [7, 11) is -1.20. The minimum Gasteiger partial charge on any atom is -0.259 e. The van der Waals surface area contributed by atoms with Crippen molar-refractivity contribution >= 4 is 10.8 Å². The highest BCUT2D eigenvalue weighted by Gasteiger charge is 2.10. The molecule has 102 valence electrons. The van der Waals surface area contributed by atoms with Crippen molar-refractivity contribution < 1.29 is 8.60 Å². The van der Waals surface area contributed by atoms with E-state index in [1.807, 2.05) is 37.3 Å². The van der Waals surface area contributed by atoms with Gasteiger partial charge < -0.3 is 0 Å². The van der Waals surface area contributed by atoms with Gasteiger partial charge in [0.05, 0.1) is 17.4 Å². The summed E-state index contributed by atoms with van der Waals surface area (Å²) in [5.74, 6) is 0.0978. The van der Waals surface area contributed by atoms with Gasteiger partial charge in [0.25, 0.3) is 0 Å². The van der Waals surface area contributed by atoms with Gasteiger partial charge in [0.2, 0.25) is 0 Å². The van der Waals surface area contributed by atoms with E-state index in [0.717, 1.165) is 11.1 Å². The Morgan fingerprint density at radius 2 is 1.85 bits per heavy atom. The third-order valence-corrected chi connectivity index (χ3v) is 4.34. The number of nitriles is 1. The molecule has 0 amide bonds. The van der Waals surface area contributed by atoms with E-state index >= 15 is 0 Å². The average Bonchev–Trinajstić information content (AvgIpc) is 2.44. The van der Waals surface area contributed by atoms with Crippen molar-refractivity contribution in [1.82, 2.24) is 0 Å². The second kappa shape index (κ2) is 6.44. The van der Waals surface area contributed by atoms with Crippen molar-refractivity contribution in [2.45, 2.75) is 18.4 Å². The zero-order valence-corrected chi connectivity index (χ0v) is 11.9. The molecule has 0 fully saturated rings. The largest absolute Gasteiger partial charge is 0.259 e. The molecule has 0 bridgehead atoms. The first-order valence-corrected chi connectivity index (χ1v) is 7.67. The van der Waals surface area contributed by atoms with E-state index in [2.05, 4.69) is 0 Å². The van der Waals surface area contributed by atoms with Gasteiger partial charge in [-0.15, -0.1) is 0 Å². The molecule has 0 radical (unpaired) electrons. The molecule has 1 unspecified atom stereocenters. The third kappa shape index (κ3) is 3.52. The minimum atomic E-state index is -1.20. The van der Waals surface area contributed by atoms with Gasteiger partial charge in [-0.1, -0.05) is 24.3 Å². The van der Waals surface area contributed by atoms with Crippen LogP contribution in [0.15, 0.2) is 42.5 Å². The normalized spacial score (nSPS) is 11.8. The summed E-state index contributed by atoms with van der Waals surface area (Å²) in [6.07, 6.45) is 0. The van der Waals surface area contributed by atoms with Crippen LogP contribution in [0.4, 0.5) is 4.39 Å². The van der Waals surface area contributed by atoms with Crippen LogP contribution >= 0.6 is 0 Å². The third-order valence-electron chi connectivity index (χ3n) is 3.07. The van der Waals surface area contributed by atoms with Gasteiger partial charge in [-0.2, -0.15) is 5.26 Å². The van der Waals surface area contributed by atoms with E-state index < -0.39 is 16.6 Å². The summed E-state index contributed by atoms with van der Waals surface area (Å²) in [5, 5.41) is 8.81. The molecule has 0 aliphatic rings. The van der Waals surface area contributed by atoms with E-state index in [9.17, 15) is 8.60 Å². The summed E-state index contributed by atoms with van der Waals surface area (Å²) in [5.41, 5.74) is 2.79. The van der Waals surface area contributed by atoms with E-state index in [1.54, 1.807) is 0 Å². The van der Waals surface area contributed by atoms with Crippen molar-refractivity contribution in [1.29, 1.82) is 5.26 Å². The topological polar surface area (TPSA) is 40.9 Å². The fraction of sp³-hybridized carbons (Fsp3) is 0.188. The highest BCUT2D eigenvalue weighted by atomic mass is 32.2. The van der Waals surface area contributed by atoms with Crippen LogP contribution in [-0.2, 0) is 22.3 Å². The van der Waals surface area contributed by atoms with Crippen LogP contribution in [0, 0.1) is 24.1 Å². The molecule has 1 atom stereocenters. The zero-order valence-electron chi connectivity index (χ0n) is 11.1. The zero-order chi connectivity index (χ0) is 14.5. The molecule has 0 saturated carbocycles.